The Morgan fingerprint density at radius 2 is 2.29 bits per heavy atom. The highest BCUT2D eigenvalue weighted by molar-refractivity contribution is 5.96. The number of halogens is 1. The van der Waals surface area contributed by atoms with Gasteiger partial charge in [-0.05, 0) is 12.0 Å². The van der Waals surface area contributed by atoms with Crippen LogP contribution in [0.1, 0.15) is 11.1 Å². The van der Waals surface area contributed by atoms with Crippen molar-refractivity contribution in [3.63, 3.8) is 0 Å². The Labute approximate surface area is 79.2 Å². The van der Waals surface area contributed by atoms with E-state index in [9.17, 15) is 14.5 Å². The third-order valence-electron chi connectivity index (χ3n) is 2.16. The molecule has 0 saturated heterocycles. The molecular weight excluding hydrogens is 187 g/mol. The third kappa shape index (κ3) is 1.37. The van der Waals surface area contributed by atoms with E-state index in [0.29, 0.717) is 13.0 Å². The molecule has 0 atom stereocenters. The van der Waals surface area contributed by atoms with E-state index >= 15 is 0 Å². The maximum absolute atomic E-state index is 13.1. The molecule has 5 heteroatoms. The Bertz CT molecular complexity index is 429. The number of nitrogens with zero attached hydrogens (tertiary/aromatic N) is 2. The number of aliphatic imine (C=N–C) groups is 1. The molecule has 2 rings (SSSR count). The highest BCUT2D eigenvalue weighted by Gasteiger charge is 2.17. The first-order chi connectivity index (χ1) is 6.68. The van der Waals surface area contributed by atoms with Crippen LogP contribution >= 0.6 is 0 Å². The van der Waals surface area contributed by atoms with E-state index in [0.717, 1.165) is 5.56 Å². The number of hydrogen-bond acceptors (Lipinski definition) is 3. The number of benzene rings is 1. The minimum Gasteiger partial charge on any atom is -0.258 e. The zero-order chi connectivity index (χ0) is 10.1. The number of fused-ring (bicyclic) bond motifs is 1. The van der Waals surface area contributed by atoms with Crippen molar-refractivity contribution in [1.82, 2.24) is 0 Å². The lowest BCUT2D eigenvalue weighted by Gasteiger charge is -2.10. The summed E-state index contributed by atoms with van der Waals surface area (Å²) >= 11 is 0. The third-order valence-corrected chi connectivity index (χ3v) is 2.16. The van der Waals surface area contributed by atoms with Crippen molar-refractivity contribution in [3.05, 3.63) is 39.4 Å². The topological polar surface area (TPSA) is 55.5 Å². The highest BCUT2D eigenvalue weighted by atomic mass is 19.1. The average molecular weight is 194 g/mol. The minimum absolute atomic E-state index is 0.101. The summed E-state index contributed by atoms with van der Waals surface area (Å²) in [4.78, 5) is 13.5. The summed E-state index contributed by atoms with van der Waals surface area (Å²) in [5, 5.41) is 10.4. The van der Waals surface area contributed by atoms with Crippen molar-refractivity contribution in [2.24, 2.45) is 4.99 Å². The van der Waals surface area contributed by atoms with E-state index in [-0.39, 0.29) is 11.3 Å². The van der Waals surface area contributed by atoms with E-state index in [1.807, 2.05) is 0 Å². The van der Waals surface area contributed by atoms with Crippen LogP contribution in [0.3, 0.4) is 0 Å². The van der Waals surface area contributed by atoms with Gasteiger partial charge in [0.05, 0.1) is 4.92 Å². The molecule has 0 bridgehead atoms. The van der Waals surface area contributed by atoms with Crippen LogP contribution in [0.5, 0.6) is 0 Å². The molecule has 1 aromatic carbocycles. The van der Waals surface area contributed by atoms with Gasteiger partial charge >= 0.3 is 0 Å². The Hall–Kier alpha value is -1.78. The Morgan fingerprint density at radius 1 is 1.50 bits per heavy atom. The van der Waals surface area contributed by atoms with Gasteiger partial charge in [0, 0.05) is 24.2 Å². The molecule has 72 valence electrons. The van der Waals surface area contributed by atoms with Gasteiger partial charge in [-0.1, -0.05) is 6.07 Å². The first kappa shape index (κ1) is 8.80. The van der Waals surface area contributed by atoms with Crippen LogP contribution in [0, 0.1) is 10.1 Å². The molecule has 1 aliphatic rings. The molecule has 14 heavy (non-hydrogen) atoms. The Morgan fingerprint density at radius 3 is 3.00 bits per heavy atom. The smallest absolute Gasteiger partial charge is 0.258 e. The van der Waals surface area contributed by atoms with Gasteiger partial charge in [-0.3, -0.25) is 15.1 Å². The molecule has 0 aliphatic carbocycles. The van der Waals surface area contributed by atoms with Gasteiger partial charge in [0.2, 0.25) is 5.97 Å². The number of non-ortho nitro benzene ring substituents is 1. The molecule has 0 N–H and O–H groups in total. The summed E-state index contributed by atoms with van der Waals surface area (Å²) in [5.74, 6) is -0.602. The highest BCUT2D eigenvalue weighted by Crippen LogP contribution is 2.22. The summed E-state index contributed by atoms with van der Waals surface area (Å²) < 4.78 is 13.1. The van der Waals surface area contributed by atoms with Crippen molar-refractivity contribution in [2.75, 3.05) is 6.54 Å². The Kier molecular flexibility index (Phi) is 1.99. The lowest BCUT2D eigenvalue weighted by molar-refractivity contribution is -0.384. The van der Waals surface area contributed by atoms with Gasteiger partial charge in [0.1, 0.15) is 0 Å². The predicted molar refractivity (Wildman–Crippen MR) is 49.3 cm³/mol. The maximum Gasteiger partial charge on any atom is 0.270 e. The SMILES string of the molecule is O=[N+]([O-])c1ccc2c(c1)C(F)=NCC2. The fraction of sp³-hybridized carbons (Fsp3) is 0.222. The van der Waals surface area contributed by atoms with Gasteiger partial charge in [-0.15, -0.1) is 0 Å². The standard InChI is InChI=1S/C9H7FN2O2/c10-9-8-5-7(12(13)14)2-1-6(8)3-4-11-9/h1-2,5H,3-4H2. The fourth-order valence-corrected chi connectivity index (χ4v) is 1.45. The van der Waals surface area contributed by atoms with E-state index in [4.69, 9.17) is 0 Å². The van der Waals surface area contributed by atoms with Crippen molar-refractivity contribution < 1.29 is 9.31 Å². The van der Waals surface area contributed by atoms with Crippen LogP contribution in [-0.4, -0.2) is 17.4 Å². The number of rotatable bonds is 1. The molecule has 4 nitrogen and oxygen atoms in total. The van der Waals surface area contributed by atoms with Crippen molar-refractivity contribution in [3.8, 4) is 0 Å². The predicted octanol–water partition coefficient (Wildman–Crippen LogP) is 1.87. The molecule has 0 aromatic heterocycles. The lowest BCUT2D eigenvalue weighted by Crippen LogP contribution is -2.09. The first-order valence-electron chi connectivity index (χ1n) is 4.16. The molecule has 0 fully saturated rings. The molecular formula is C9H7FN2O2. The van der Waals surface area contributed by atoms with Crippen molar-refractivity contribution >= 4 is 11.7 Å². The van der Waals surface area contributed by atoms with E-state index in [1.54, 1.807) is 6.07 Å². The van der Waals surface area contributed by atoms with E-state index in [1.165, 1.54) is 12.1 Å². The number of hydrogen-bond donors (Lipinski definition) is 0. The fourth-order valence-electron chi connectivity index (χ4n) is 1.45. The molecule has 1 aromatic rings. The van der Waals surface area contributed by atoms with Crippen LogP contribution in [0.4, 0.5) is 10.1 Å². The Balaban J connectivity index is 2.53. The summed E-state index contributed by atoms with van der Waals surface area (Å²) in [6.45, 7) is 0.413. The summed E-state index contributed by atoms with van der Waals surface area (Å²) in [6, 6.07) is 4.20. The van der Waals surface area contributed by atoms with Crippen LogP contribution < -0.4 is 0 Å². The van der Waals surface area contributed by atoms with Crippen molar-refractivity contribution in [2.45, 2.75) is 6.42 Å². The normalized spacial score (nSPS) is 14.5. The molecule has 0 radical (unpaired) electrons. The van der Waals surface area contributed by atoms with Gasteiger partial charge in [-0.2, -0.15) is 4.39 Å². The number of nitro benzene ring substituents is 1. The first-order valence-corrected chi connectivity index (χ1v) is 4.16. The second-order valence-electron chi connectivity index (χ2n) is 3.02. The second kappa shape index (κ2) is 3.17. The molecule has 1 heterocycles. The number of nitro groups is 1. The van der Waals surface area contributed by atoms with Crippen LogP contribution in [0.15, 0.2) is 23.2 Å². The second-order valence-corrected chi connectivity index (χ2v) is 3.02. The van der Waals surface area contributed by atoms with Gasteiger partial charge in [-0.25, -0.2) is 0 Å². The zero-order valence-electron chi connectivity index (χ0n) is 7.24. The van der Waals surface area contributed by atoms with Crippen LogP contribution in [0.2, 0.25) is 0 Å². The van der Waals surface area contributed by atoms with E-state index in [2.05, 4.69) is 4.99 Å². The summed E-state index contributed by atoms with van der Waals surface area (Å²) in [5.41, 5.74) is 0.935. The molecule has 0 unspecified atom stereocenters. The maximum atomic E-state index is 13.1. The summed E-state index contributed by atoms with van der Waals surface area (Å²) in [6.07, 6.45) is 0.640. The largest absolute Gasteiger partial charge is 0.270 e. The van der Waals surface area contributed by atoms with Crippen molar-refractivity contribution in [1.29, 1.82) is 0 Å². The average Bonchev–Trinajstić information content (AvgIpc) is 2.18. The summed E-state index contributed by atoms with van der Waals surface area (Å²) in [7, 11) is 0. The molecule has 1 aliphatic heterocycles. The van der Waals surface area contributed by atoms with Crippen LogP contribution in [0.25, 0.3) is 0 Å². The monoisotopic (exact) mass is 194 g/mol. The lowest BCUT2D eigenvalue weighted by atomic mass is 10.0. The van der Waals surface area contributed by atoms with Gasteiger partial charge in [0.15, 0.2) is 0 Å². The molecule has 0 amide bonds. The quantitative estimate of drug-likeness (QED) is 0.506. The van der Waals surface area contributed by atoms with E-state index < -0.39 is 10.9 Å². The minimum atomic E-state index is -0.602. The molecule has 0 saturated carbocycles. The van der Waals surface area contributed by atoms with Gasteiger partial charge in [0.25, 0.3) is 5.69 Å². The molecule has 0 spiro atoms. The van der Waals surface area contributed by atoms with Crippen LogP contribution in [-0.2, 0) is 6.42 Å². The zero-order valence-corrected chi connectivity index (χ0v) is 7.24. The van der Waals surface area contributed by atoms with Gasteiger partial charge < -0.3 is 0 Å².